The predicted molar refractivity (Wildman–Crippen MR) is 108 cm³/mol. The van der Waals surface area contributed by atoms with Gasteiger partial charge < -0.3 is 19.7 Å². The Bertz CT molecular complexity index is 814. The van der Waals surface area contributed by atoms with Crippen LogP contribution in [0.2, 0.25) is 0 Å². The molecule has 148 valence electrons. The Morgan fingerprint density at radius 3 is 2.39 bits per heavy atom. The fourth-order valence-electron chi connectivity index (χ4n) is 3.26. The second-order valence-corrected chi connectivity index (χ2v) is 6.77. The lowest BCUT2D eigenvalue weighted by atomic mass is 10.1. The molecule has 6 nitrogen and oxygen atoms in total. The van der Waals surface area contributed by atoms with Crippen LogP contribution in [0.5, 0.6) is 11.5 Å². The average Bonchev–Trinajstić information content (AvgIpc) is 3.01. The van der Waals surface area contributed by atoms with Crippen LogP contribution in [0.3, 0.4) is 0 Å². The first-order valence-electron chi connectivity index (χ1n) is 9.62. The topological polar surface area (TPSA) is 67.9 Å². The molecular formula is C22H26N2O4. The van der Waals surface area contributed by atoms with E-state index in [1.165, 1.54) is 12.8 Å². The number of likely N-dealkylation sites (tertiary alicyclic amines) is 1. The molecular weight excluding hydrogens is 356 g/mol. The number of benzene rings is 2. The van der Waals surface area contributed by atoms with Crippen molar-refractivity contribution in [3.05, 3.63) is 54.1 Å². The number of hydrogen-bond acceptors (Lipinski definition) is 4. The summed E-state index contributed by atoms with van der Waals surface area (Å²) in [5.74, 6) is 0.791. The number of ether oxygens (including phenoxy) is 2. The van der Waals surface area contributed by atoms with Gasteiger partial charge in [0.15, 0.2) is 18.1 Å². The van der Waals surface area contributed by atoms with E-state index in [2.05, 4.69) is 5.32 Å². The van der Waals surface area contributed by atoms with E-state index < -0.39 is 0 Å². The molecule has 0 aromatic heterocycles. The fourth-order valence-corrected chi connectivity index (χ4v) is 3.26. The number of hydrogen-bond donors (Lipinski definition) is 1. The SMILES string of the molecule is COc1ccccc1OCC(=O)Nc1cccc(C(=O)N2CCCCCC2)c1. The summed E-state index contributed by atoms with van der Waals surface area (Å²) in [7, 11) is 1.55. The molecule has 0 unspecified atom stereocenters. The molecule has 0 saturated carbocycles. The van der Waals surface area contributed by atoms with Crippen molar-refractivity contribution >= 4 is 17.5 Å². The van der Waals surface area contributed by atoms with Crippen molar-refractivity contribution in [2.24, 2.45) is 0 Å². The number of anilines is 1. The molecule has 0 atom stereocenters. The van der Waals surface area contributed by atoms with E-state index in [1.807, 2.05) is 17.0 Å². The molecule has 2 aromatic carbocycles. The zero-order valence-electron chi connectivity index (χ0n) is 16.1. The summed E-state index contributed by atoms with van der Waals surface area (Å²) in [4.78, 5) is 26.9. The number of carbonyl (C=O) groups is 2. The van der Waals surface area contributed by atoms with Crippen molar-refractivity contribution in [2.45, 2.75) is 25.7 Å². The van der Waals surface area contributed by atoms with Gasteiger partial charge in [0.05, 0.1) is 7.11 Å². The van der Waals surface area contributed by atoms with Gasteiger partial charge in [-0.2, -0.15) is 0 Å². The molecule has 0 radical (unpaired) electrons. The molecule has 0 spiro atoms. The summed E-state index contributed by atoms with van der Waals surface area (Å²) in [6, 6.07) is 14.2. The average molecular weight is 382 g/mol. The Hall–Kier alpha value is -3.02. The van der Waals surface area contributed by atoms with Gasteiger partial charge in [0, 0.05) is 24.3 Å². The van der Waals surface area contributed by atoms with Gasteiger partial charge in [-0.05, 0) is 43.2 Å². The molecule has 1 aliphatic rings. The van der Waals surface area contributed by atoms with Gasteiger partial charge in [0.1, 0.15) is 0 Å². The van der Waals surface area contributed by atoms with Crippen molar-refractivity contribution in [2.75, 3.05) is 32.1 Å². The first-order chi connectivity index (χ1) is 13.7. The van der Waals surface area contributed by atoms with E-state index in [1.54, 1.807) is 43.5 Å². The lowest BCUT2D eigenvalue weighted by molar-refractivity contribution is -0.118. The Morgan fingerprint density at radius 1 is 0.964 bits per heavy atom. The molecule has 1 fully saturated rings. The van der Waals surface area contributed by atoms with Gasteiger partial charge in [-0.25, -0.2) is 0 Å². The van der Waals surface area contributed by atoms with E-state index >= 15 is 0 Å². The molecule has 1 N–H and O–H groups in total. The zero-order chi connectivity index (χ0) is 19.8. The normalized spacial score (nSPS) is 14.1. The van der Waals surface area contributed by atoms with Crippen LogP contribution < -0.4 is 14.8 Å². The minimum atomic E-state index is -0.301. The maximum atomic E-state index is 12.7. The zero-order valence-corrected chi connectivity index (χ0v) is 16.1. The molecule has 1 aliphatic heterocycles. The van der Waals surface area contributed by atoms with E-state index in [-0.39, 0.29) is 18.4 Å². The number of carbonyl (C=O) groups excluding carboxylic acids is 2. The van der Waals surface area contributed by atoms with Crippen LogP contribution in [0, 0.1) is 0 Å². The standard InChI is InChI=1S/C22H26N2O4/c1-27-19-11-4-5-12-20(19)28-16-21(25)23-18-10-8-9-17(15-18)22(26)24-13-6-2-3-7-14-24/h4-5,8-12,15H,2-3,6-7,13-14,16H2,1H3,(H,23,25). The summed E-state index contributed by atoms with van der Waals surface area (Å²) in [5, 5.41) is 2.78. The minimum absolute atomic E-state index is 0.0169. The first kappa shape index (κ1) is 19.7. The monoisotopic (exact) mass is 382 g/mol. The van der Waals surface area contributed by atoms with Crippen LogP contribution >= 0.6 is 0 Å². The molecule has 1 saturated heterocycles. The molecule has 2 aromatic rings. The quantitative estimate of drug-likeness (QED) is 0.827. The smallest absolute Gasteiger partial charge is 0.262 e. The fraction of sp³-hybridized carbons (Fsp3) is 0.364. The highest BCUT2D eigenvalue weighted by atomic mass is 16.5. The molecule has 6 heteroatoms. The number of para-hydroxylation sites is 2. The molecule has 3 rings (SSSR count). The lowest BCUT2D eigenvalue weighted by Gasteiger charge is -2.20. The van der Waals surface area contributed by atoms with E-state index in [0.29, 0.717) is 22.7 Å². The van der Waals surface area contributed by atoms with Gasteiger partial charge in [0.2, 0.25) is 0 Å². The minimum Gasteiger partial charge on any atom is -0.493 e. The summed E-state index contributed by atoms with van der Waals surface area (Å²) >= 11 is 0. The van der Waals surface area contributed by atoms with Gasteiger partial charge >= 0.3 is 0 Å². The van der Waals surface area contributed by atoms with Gasteiger partial charge in [-0.3, -0.25) is 9.59 Å². The maximum absolute atomic E-state index is 12.7. The second kappa shape index (κ2) is 9.78. The highest BCUT2D eigenvalue weighted by Crippen LogP contribution is 2.25. The summed E-state index contributed by atoms with van der Waals surface area (Å²) in [6.07, 6.45) is 4.43. The number of nitrogens with one attached hydrogen (secondary N) is 1. The molecule has 28 heavy (non-hydrogen) atoms. The second-order valence-electron chi connectivity index (χ2n) is 6.77. The van der Waals surface area contributed by atoms with Crippen LogP contribution in [-0.2, 0) is 4.79 Å². The van der Waals surface area contributed by atoms with E-state index in [9.17, 15) is 9.59 Å². The van der Waals surface area contributed by atoms with Gasteiger partial charge in [-0.15, -0.1) is 0 Å². The van der Waals surface area contributed by atoms with Crippen LogP contribution in [-0.4, -0.2) is 43.5 Å². The van der Waals surface area contributed by atoms with Crippen molar-refractivity contribution < 1.29 is 19.1 Å². The van der Waals surface area contributed by atoms with Crippen molar-refractivity contribution in [3.63, 3.8) is 0 Å². The summed E-state index contributed by atoms with van der Waals surface area (Å²) < 4.78 is 10.7. The number of nitrogens with zero attached hydrogens (tertiary/aromatic N) is 1. The third kappa shape index (κ3) is 5.25. The number of amides is 2. The van der Waals surface area contributed by atoms with E-state index in [0.717, 1.165) is 25.9 Å². The first-order valence-corrected chi connectivity index (χ1v) is 9.62. The van der Waals surface area contributed by atoms with Gasteiger partial charge in [-0.1, -0.05) is 31.0 Å². The molecule has 0 aliphatic carbocycles. The van der Waals surface area contributed by atoms with Crippen molar-refractivity contribution in [3.8, 4) is 11.5 Å². The molecule has 1 heterocycles. The Morgan fingerprint density at radius 2 is 1.68 bits per heavy atom. The number of methoxy groups -OCH3 is 1. The highest BCUT2D eigenvalue weighted by molar-refractivity contribution is 5.97. The van der Waals surface area contributed by atoms with Crippen molar-refractivity contribution in [1.29, 1.82) is 0 Å². The maximum Gasteiger partial charge on any atom is 0.262 e. The van der Waals surface area contributed by atoms with Crippen LogP contribution in [0.4, 0.5) is 5.69 Å². The van der Waals surface area contributed by atoms with Crippen LogP contribution in [0.25, 0.3) is 0 Å². The summed E-state index contributed by atoms with van der Waals surface area (Å²) in [6.45, 7) is 1.44. The largest absolute Gasteiger partial charge is 0.493 e. The summed E-state index contributed by atoms with van der Waals surface area (Å²) in [5.41, 5.74) is 1.17. The third-order valence-electron chi connectivity index (χ3n) is 4.71. The van der Waals surface area contributed by atoms with Crippen LogP contribution in [0.1, 0.15) is 36.0 Å². The lowest BCUT2D eigenvalue weighted by Crippen LogP contribution is -2.31. The Balaban J connectivity index is 1.59. The molecule has 0 bridgehead atoms. The van der Waals surface area contributed by atoms with E-state index in [4.69, 9.17) is 9.47 Å². The third-order valence-corrected chi connectivity index (χ3v) is 4.71. The Kier molecular flexibility index (Phi) is 6.89. The Labute approximate surface area is 165 Å². The molecule has 2 amide bonds. The predicted octanol–water partition coefficient (Wildman–Crippen LogP) is 3.73. The van der Waals surface area contributed by atoms with Gasteiger partial charge in [0.25, 0.3) is 11.8 Å². The number of rotatable bonds is 6. The highest BCUT2D eigenvalue weighted by Gasteiger charge is 2.17. The van der Waals surface area contributed by atoms with Crippen LogP contribution in [0.15, 0.2) is 48.5 Å². The van der Waals surface area contributed by atoms with Crippen molar-refractivity contribution in [1.82, 2.24) is 4.90 Å².